The Labute approximate surface area is 230 Å². The van der Waals surface area contributed by atoms with Gasteiger partial charge < -0.3 is 19.4 Å². The number of ether oxygens (including phenoxy) is 2. The molecule has 0 radical (unpaired) electrons. The summed E-state index contributed by atoms with van der Waals surface area (Å²) in [5, 5.41) is 2.93. The molecule has 208 valence electrons. The van der Waals surface area contributed by atoms with E-state index in [1.165, 1.54) is 16.5 Å². The second kappa shape index (κ2) is 12.1. The van der Waals surface area contributed by atoms with E-state index in [0.29, 0.717) is 13.2 Å². The summed E-state index contributed by atoms with van der Waals surface area (Å²) in [6.45, 7) is -0.347. The number of nitrogens with zero attached hydrogens (tertiary/aromatic N) is 4. The number of amides is 1. The molecule has 11 heteroatoms. The maximum absolute atomic E-state index is 13.4. The topological polar surface area (TPSA) is 126 Å². The molecule has 1 amide bonds. The van der Waals surface area contributed by atoms with E-state index in [9.17, 15) is 19.2 Å². The van der Waals surface area contributed by atoms with Crippen LogP contribution in [-0.2, 0) is 45.1 Å². The Morgan fingerprint density at radius 3 is 2.62 bits per heavy atom. The van der Waals surface area contributed by atoms with Gasteiger partial charge in [-0.1, -0.05) is 54.6 Å². The van der Waals surface area contributed by atoms with Crippen LogP contribution >= 0.6 is 0 Å². The van der Waals surface area contributed by atoms with Crippen LogP contribution in [0, 0.1) is 0 Å². The molecular weight excluding hydrogens is 514 g/mol. The van der Waals surface area contributed by atoms with Gasteiger partial charge in [0.25, 0.3) is 11.5 Å². The van der Waals surface area contributed by atoms with E-state index >= 15 is 0 Å². The van der Waals surface area contributed by atoms with E-state index in [0.717, 1.165) is 35.0 Å². The highest BCUT2D eigenvalue weighted by atomic mass is 16.5. The summed E-state index contributed by atoms with van der Waals surface area (Å²) in [7, 11) is 1.54. The fraction of sp³-hybridized carbons (Fsp3) is 0.345. The number of fused-ring (bicyclic) bond motifs is 2. The number of carbonyl (C=O) groups is 2. The third-order valence-corrected chi connectivity index (χ3v) is 7.06. The van der Waals surface area contributed by atoms with Gasteiger partial charge in [0.05, 0.1) is 25.5 Å². The SMILES string of the molecule is COCCn1cnc2c1c(=O)n(CC(=O)OCC(=O)NC1CCCc3ccccc31)c(=O)n2Cc1ccccc1. The molecule has 1 N–H and O–H groups in total. The second-order valence-corrected chi connectivity index (χ2v) is 9.72. The summed E-state index contributed by atoms with van der Waals surface area (Å²) in [5.74, 6) is -1.32. The van der Waals surface area contributed by atoms with E-state index in [4.69, 9.17) is 9.47 Å². The Hall–Kier alpha value is -4.51. The lowest BCUT2D eigenvalue weighted by molar-refractivity contribution is -0.149. The summed E-state index contributed by atoms with van der Waals surface area (Å²) < 4.78 is 14.1. The summed E-state index contributed by atoms with van der Waals surface area (Å²) in [4.78, 5) is 56.6. The van der Waals surface area contributed by atoms with Gasteiger partial charge in [0.2, 0.25) is 0 Å². The lowest BCUT2D eigenvalue weighted by Crippen LogP contribution is -2.43. The minimum atomic E-state index is -0.869. The average Bonchev–Trinajstić information content (AvgIpc) is 3.40. The number of rotatable bonds is 10. The third-order valence-electron chi connectivity index (χ3n) is 7.06. The molecule has 2 aromatic heterocycles. The molecule has 0 fully saturated rings. The summed E-state index contributed by atoms with van der Waals surface area (Å²) in [5.41, 5.74) is 2.11. The molecule has 4 aromatic rings. The molecule has 1 unspecified atom stereocenters. The van der Waals surface area contributed by atoms with Gasteiger partial charge in [-0.25, -0.2) is 14.3 Å². The molecule has 1 atom stereocenters. The maximum atomic E-state index is 13.4. The quantitative estimate of drug-likeness (QED) is 0.301. The van der Waals surface area contributed by atoms with E-state index in [-0.39, 0.29) is 23.8 Å². The first kappa shape index (κ1) is 27.1. The standard InChI is InChI=1S/C29H31N5O6/c1-39-15-14-32-19-30-27-26(32)28(37)34(29(38)33(27)16-20-8-3-2-4-9-20)17-25(36)40-18-24(35)31-23-13-7-11-21-10-5-6-12-22(21)23/h2-6,8-10,12,19,23H,7,11,13-18H2,1H3,(H,31,35). The van der Waals surface area contributed by atoms with E-state index in [2.05, 4.69) is 10.3 Å². The van der Waals surface area contributed by atoms with Crippen molar-refractivity contribution in [3.63, 3.8) is 0 Å². The van der Waals surface area contributed by atoms with Crippen LogP contribution in [0.2, 0.25) is 0 Å². The Morgan fingerprint density at radius 1 is 1.05 bits per heavy atom. The Morgan fingerprint density at radius 2 is 1.82 bits per heavy atom. The lowest BCUT2D eigenvalue weighted by atomic mass is 9.88. The normalized spacial score (nSPS) is 14.6. The third kappa shape index (κ3) is 5.74. The van der Waals surface area contributed by atoms with Crippen LogP contribution in [0.15, 0.2) is 70.5 Å². The number of hydrogen-bond acceptors (Lipinski definition) is 7. The van der Waals surface area contributed by atoms with Crippen LogP contribution in [-0.4, -0.2) is 50.9 Å². The maximum Gasteiger partial charge on any atom is 0.333 e. The monoisotopic (exact) mass is 545 g/mol. The first-order chi connectivity index (χ1) is 19.5. The van der Waals surface area contributed by atoms with E-state index < -0.39 is 36.3 Å². The van der Waals surface area contributed by atoms with Crippen molar-refractivity contribution in [3.8, 4) is 0 Å². The fourth-order valence-corrected chi connectivity index (χ4v) is 5.11. The van der Waals surface area contributed by atoms with Gasteiger partial charge in [-0.3, -0.25) is 19.0 Å². The van der Waals surface area contributed by atoms with Gasteiger partial charge in [0, 0.05) is 13.7 Å². The van der Waals surface area contributed by atoms with Gasteiger partial charge in [-0.05, 0) is 36.0 Å². The average molecular weight is 546 g/mol. The minimum absolute atomic E-state index is 0.151. The molecule has 1 aliphatic carbocycles. The van der Waals surface area contributed by atoms with E-state index in [1.54, 1.807) is 11.7 Å². The van der Waals surface area contributed by atoms with Crippen molar-refractivity contribution in [3.05, 3.63) is 98.5 Å². The Balaban J connectivity index is 1.35. The Bertz CT molecular complexity index is 1640. The van der Waals surface area contributed by atoms with Gasteiger partial charge in [-0.15, -0.1) is 0 Å². The zero-order valence-electron chi connectivity index (χ0n) is 22.2. The smallest absolute Gasteiger partial charge is 0.333 e. The predicted molar refractivity (Wildman–Crippen MR) is 147 cm³/mol. The molecule has 2 heterocycles. The van der Waals surface area contributed by atoms with Crippen molar-refractivity contribution >= 4 is 23.0 Å². The van der Waals surface area contributed by atoms with Crippen molar-refractivity contribution in [1.29, 1.82) is 0 Å². The van der Waals surface area contributed by atoms with Crippen LogP contribution in [0.4, 0.5) is 0 Å². The number of carbonyl (C=O) groups excluding carboxylic acids is 2. The van der Waals surface area contributed by atoms with Crippen LogP contribution in [0.25, 0.3) is 11.2 Å². The van der Waals surface area contributed by atoms with Gasteiger partial charge in [0.1, 0.15) is 6.54 Å². The molecule has 2 aromatic carbocycles. The largest absolute Gasteiger partial charge is 0.454 e. The fourth-order valence-electron chi connectivity index (χ4n) is 5.11. The van der Waals surface area contributed by atoms with Gasteiger partial charge >= 0.3 is 11.7 Å². The highest BCUT2D eigenvalue weighted by molar-refractivity contribution is 5.81. The zero-order chi connectivity index (χ0) is 28.1. The number of aryl methyl sites for hydroxylation is 1. The van der Waals surface area contributed by atoms with Crippen molar-refractivity contribution in [2.75, 3.05) is 20.3 Å². The molecule has 11 nitrogen and oxygen atoms in total. The highest BCUT2D eigenvalue weighted by Crippen LogP contribution is 2.29. The zero-order valence-corrected chi connectivity index (χ0v) is 22.2. The lowest BCUT2D eigenvalue weighted by Gasteiger charge is -2.26. The minimum Gasteiger partial charge on any atom is -0.454 e. The molecule has 0 saturated heterocycles. The molecule has 40 heavy (non-hydrogen) atoms. The molecule has 0 bridgehead atoms. The predicted octanol–water partition coefficient (Wildman–Crippen LogP) is 1.79. The molecule has 1 aliphatic rings. The summed E-state index contributed by atoms with van der Waals surface area (Å²) in [6, 6.07) is 17.1. The number of methoxy groups -OCH3 is 1. The molecule has 0 aliphatic heterocycles. The molecule has 0 spiro atoms. The van der Waals surface area contributed by atoms with Crippen molar-refractivity contribution in [2.24, 2.45) is 0 Å². The molecule has 0 saturated carbocycles. The first-order valence-corrected chi connectivity index (χ1v) is 13.2. The number of nitrogens with one attached hydrogen (secondary N) is 1. The number of imidazole rings is 1. The Kier molecular flexibility index (Phi) is 8.20. The molecular formula is C29H31N5O6. The van der Waals surface area contributed by atoms with Crippen molar-refractivity contribution in [2.45, 2.75) is 44.9 Å². The van der Waals surface area contributed by atoms with E-state index in [1.807, 2.05) is 54.6 Å². The first-order valence-electron chi connectivity index (χ1n) is 13.2. The number of esters is 1. The van der Waals surface area contributed by atoms with Crippen LogP contribution < -0.4 is 16.6 Å². The number of benzene rings is 2. The van der Waals surface area contributed by atoms with Gasteiger partial charge in [-0.2, -0.15) is 0 Å². The summed E-state index contributed by atoms with van der Waals surface area (Å²) >= 11 is 0. The van der Waals surface area contributed by atoms with Crippen molar-refractivity contribution < 1.29 is 19.1 Å². The highest BCUT2D eigenvalue weighted by Gasteiger charge is 2.23. The second-order valence-electron chi connectivity index (χ2n) is 9.72. The van der Waals surface area contributed by atoms with Crippen molar-refractivity contribution in [1.82, 2.24) is 24.0 Å². The molecule has 5 rings (SSSR count). The van der Waals surface area contributed by atoms with Crippen LogP contribution in [0.3, 0.4) is 0 Å². The van der Waals surface area contributed by atoms with Crippen LogP contribution in [0.5, 0.6) is 0 Å². The number of aromatic nitrogens is 4. The van der Waals surface area contributed by atoms with Gasteiger partial charge in [0.15, 0.2) is 17.8 Å². The van der Waals surface area contributed by atoms with Crippen LogP contribution in [0.1, 0.15) is 35.6 Å². The number of hydrogen-bond donors (Lipinski definition) is 1. The summed E-state index contributed by atoms with van der Waals surface area (Å²) in [6.07, 6.45) is 4.18.